The number of hydrogen-bond donors (Lipinski definition) is 2. The minimum absolute atomic E-state index is 0.106. The van der Waals surface area contributed by atoms with Gasteiger partial charge in [-0.15, -0.1) is 11.3 Å². The molecule has 5 heteroatoms. The van der Waals surface area contributed by atoms with Gasteiger partial charge in [0.1, 0.15) is 0 Å². The van der Waals surface area contributed by atoms with E-state index in [9.17, 15) is 4.79 Å². The minimum Gasteiger partial charge on any atom is -0.354 e. The molecule has 0 atom stereocenters. The predicted octanol–water partition coefficient (Wildman–Crippen LogP) is 2.51. The Bertz CT molecular complexity index is 338. The van der Waals surface area contributed by atoms with Crippen molar-refractivity contribution in [1.82, 2.24) is 10.6 Å². The molecule has 0 saturated carbocycles. The molecule has 0 aliphatic heterocycles. The van der Waals surface area contributed by atoms with Crippen LogP contribution in [0.1, 0.15) is 25.1 Å². The molecule has 1 aromatic heterocycles. The Morgan fingerprint density at radius 1 is 1.50 bits per heavy atom. The fourth-order valence-electron chi connectivity index (χ4n) is 1.25. The predicted molar refractivity (Wildman–Crippen MR) is 71.6 cm³/mol. The van der Waals surface area contributed by atoms with E-state index in [1.54, 1.807) is 11.3 Å². The van der Waals surface area contributed by atoms with E-state index in [0.29, 0.717) is 13.0 Å². The first-order valence-corrected chi connectivity index (χ1v) is 6.93. The van der Waals surface area contributed by atoms with Crippen LogP contribution in [0.2, 0.25) is 0 Å². The van der Waals surface area contributed by atoms with Crippen LogP contribution in [0, 0.1) is 0 Å². The number of thiophene rings is 1. The molecule has 0 unspecified atom stereocenters. The van der Waals surface area contributed by atoms with Gasteiger partial charge in [0.2, 0.25) is 5.91 Å². The highest BCUT2D eigenvalue weighted by Crippen LogP contribution is 2.21. The van der Waals surface area contributed by atoms with Gasteiger partial charge in [-0.1, -0.05) is 0 Å². The summed E-state index contributed by atoms with van der Waals surface area (Å²) >= 11 is 5.13. The molecule has 0 aliphatic carbocycles. The Balaban J connectivity index is 2.10. The molecule has 0 aromatic carbocycles. The van der Waals surface area contributed by atoms with Crippen LogP contribution < -0.4 is 10.6 Å². The summed E-state index contributed by atoms with van der Waals surface area (Å²) < 4.78 is 1.14. The lowest BCUT2D eigenvalue weighted by atomic mass is 10.3. The standard InChI is InChI=1S/C11H17BrN2OS/c1-8(2)14-11(15)5-6-13-7-9-3-4-10(12)16-9/h3-4,8,13H,5-7H2,1-2H3,(H,14,15). The van der Waals surface area contributed by atoms with Gasteiger partial charge >= 0.3 is 0 Å². The van der Waals surface area contributed by atoms with Crippen molar-refractivity contribution < 1.29 is 4.79 Å². The fourth-order valence-corrected chi connectivity index (χ4v) is 2.71. The topological polar surface area (TPSA) is 41.1 Å². The number of carbonyl (C=O) groups excluding carboxylic acids is 1. The maximum absolute atomic E-state index is 11.3. The maximum atomic E-state index is 11.3. The molecule has 90 valence electrons. The monoisotopic (exact) mass is 304 g/mol. The Morgan fingerprint density at radius 2 is 2.25 bits per heavy atom. The van der Waals surface area contributed by atoms with E-state index in [4.69, 9.17) is 0 Å². The second kappa shape index (κ2) is 7.04. The van der Waals surface area contributed by atoms with Crippen molar-refractivity contribution in [1.29, 1.82) is 0 Å². The summed E-state index contributed by atoms with van der Waals surface area (Å²) in [7, 11) is 0. The zero-order valence-corrected chi connectivity index (χ0v) is 12.0. The van der Waals surface area contributed by atoms with Crippen molar-refractivity contribution in [2.24, 2.45) is 0 Å². The first-order chi connectivity index (χ1) is 7.58. The van der Waals surface area contributed by atoms with Crippen molar-refractivity contribution in [3.05, 3.63) is 20.8 Å². The van der Waals surface area contributed by atoms with Crippen LogP contribution in [-0.4, -0.2) is 18.5 Å². The first kappa shape index (κ1) is 13.7. The molecule has 16 heavy (non-hydrogen) atoms. The number of rotatable bonds is 6. The number of carbonyl (C=O) groups is 1. The maximum Gasteiger partial charge on any atom is 0.221 e. The van der Waals surface area contributed by atoms with Crippen LogP contribution in [0.25, 0.3) is 0 Å². The zero-order chi connectivity index (χ0) is 12.0. The van der Waals surface area contributed by atoms with Gasteiger partial charge in [0, 0.05) is 30.4 Å². The summed E-state index contributed by atoms with van der Waals surface area (Å²) in [6.45, 7) is 5.47. The first-order valence-electron chi connectivity index (χ1n) is 5.32. The molecule has 0 saturated heterocycles. The van der Waals surface area contributed by atoms with Gasteiger partial charge in [-0.2, -0.15) is 0 Å². The largest absolute Gasteiger partial charge is 0.354 e. The Morgan fingerprint density at radius 3 is 2.81 bits per heavy atom. The van der Waals surface area contributed by atoms with Crippen LogP contribution in [0.5, 0.6) is 0 Å². The van der Waals surface area contributed by atoms with E-state index in [1.165, 1.54) is 4.88 Å². The second-order valence-corrected chi connectivity index (χ2v) is 6.40. The molecule has 0 fully saturated rings. The lowest BCUT2D eigenvalue weighted by Gasteiger charge is -2.08. The summed E-state index contributed by atoms with van der Waals surface area (Å²) in [6, 6.07) is 4.34. The average Bonchev–Trinajstić information content (AvgIpc) is 2.58. The highest BCUT2D eigenvalue weighted by molar-refractivity contribution is 9.11. The van der Waals surface area contributed by atoms with Crippen molar-refractivity contribution in [2.45, 2.75) is 32.9 Å². The van der Waals surface area contributed by atoms with Gasteiger partial charge in [0.15, 0.2) is 0 Å². The van der Waals surface area contributed by atoms with Crippen molar-refractivity contribution in [3.8, 4) is 0 Å². The van der Waals surface area contributed by atoms with Crippen molar-refractivity contribution in [3.63, 3.8) is 0 Å². The van der Waals surface area contributed by atoms with Gasteiger partial charge in [-0.05, 0) is 41.9 Å². The normalized spacial score (nSPS) is 10.8. The molecule has 1 heterocycles. The molecule has 0 bridgehead atoms. The molecule has 1 rings (SSSR count). The lowest BCUT2D eigenvalue weighted by molar-refractivity contribution is -0.121. The summed E-state index contributed by atoms with van der Waals surface area (Å²) in [5.41, 5.74) is 0. The Hall–Kier alpha value is -0.390. The van der Waals surface area contributed by atoms with E-state index in [2.05, 4.69) is 32.6 Å². The third-order valence-electron chi connectivity index (χ3n) is 1.91. The summed E-state index contributed by atoms with van der Waals surface area (Å²) in [5, 5.41) is 6.11. The Kier molecular flexibility index (Phi) is 6.01. The van der Waals surface area contributed by atoms with Crippen LogP contribution in [-0.2, 0) is 11.3 Å². The Labute approximate surface area is 109 Å². The fraction of sp³-hybridized carbons (Fsp3) is 0.545. The second-order valence-electron chi connectivity index (χ2n) is 3.85. The zero-order valence-electron chi connectivity index (χ0n) is 9.55. The number of halogens is 1. The summed E-state index contributed by atoms with van der Waals surface area (Å²) in [5.74, 6) is 0.106. The smallest absolute Gasteiger partial charge is 0.221 e. The lowest BCUT2D eigenvalue weighted by Crippen LogP contribution is -2.32. The number of hydrogen-bond acceptors (Lipinski definition) is 3. The van der Waals surface area contributed by atoms with E-state index >= 15 is 0 Å². The van der Waals surface area contributed by atoms with Crippen molar-refractivity contribution in [2.75, 3.05) is 6.54 Å². The SMILES string of the molecule is CC(C)NC(=O)CCNCc1ccc(Br)s1. The molecule has 2 N–H and O–H groups in total. The quantitative estimate of drug-likeness (QED) is 0.793. The van der Waals surface area contributed by atoms with Gasteiger partial charge in [0.25, 0.3) is 0 Å². The highest BCUT2D eigenvalue weighted by atomic mass is 79.9. The third kappa shape index (κ3) is 5.63. The molecule has 0 radical (unpaired) electrons. The van der Waals surface area contributed by atoms with Crippen LogP contribution >= 0.6 is 27.3 Å². The molecule has 1 aromatic rings. The molecule has 1 amide bonds. The van der Waals surface area contributed by atoms with E-state index in [1.807, 2.05) is 19.9 Å². The van der Waals surface area contributed by atoms with E-state index in [-0.39, 0.29) is 11.9 Å². The van der Waals surface area contributed by atoms with E-state index < -0.39 is 0 Å². The van der Waals surface area contributed by atoms with Gasteiger partial charge in [-0.25, -0.2) is 0 Å². The van der Waals surface area contributed by atoms with Crippen LogP contribution in [0.3, 0.4) is 0 Å². The van der Waals surface area contributed by atoms with Crippen LogP contribution in [0.15, 0.2) is 15.9 Å². The van der Waals surface area contributed by atoms with Crippen molar-refractivity contribution >= 4 is 33.2 Å². The summed E-state index contributed by atoms with van der Waals surface area (Å²) in [4.78, 5) is 12.6. The molecular formula is C11H17BrN2OS. The van der Waals surface area contributed by atoms with Gasteiger partial charge in [0.05, 0.1) is 3.79 Å². The molecular weight excluding hydrogens is 288 g/mol. The minimum atomic E-state index is 0.106. The van der Waals surface area contributed by atoms with Gasteiger partial charge < -0.3 is 10.6 Å². The number of amides is 1. The third-order valence-corrected chi connectivity index (χ3v) is 3.53. The highest BCUT2D eigenvalue weighted by Gasteiger charge is 2.02. The number of nitrogens with one attached hydrogen (secondary N) is 2. The van der Waals surface area contributed by atoms with Crippen LogP contribution in [0.4, 0.5) is 0 Å². The molecule has 0 spiro atoms. The molecule has 0 aliphatic rings. The van der Waals surface area contributed by atoms with E-state index in [0.717, 1.165) is 10.3 Å². The molecule has 3 nitrogen and oxygen atoms in total. The average molecular weight is 305 g/mol. The summed E-state index contributed by atoms with van der Waals surface area (Å²) in [6.07, 6.45) is 0.532. The van der Waals surface area contributed by atoms with Gasteiger partial charge in [-0.3, -0.25) is 4.79 Å².